The average molecular weight is 287 g/mol. The molecule has 0 fully saturated rings. The Labute approximate surface area is 122 Å². The molecule has 1 heterocycles. The third kappa shape index (κ3) is 3.75. The molecule has 2 rings (SSSR count). The van der Waals surface area contributed by atoms with Crippen LogP contribution in [0.15, 0.2) is 30.5 Å². The number of aliphatic carboxylic acids is 1. The summed E-state index contributed by atoms with van der Waals surface area (Å²) >= 11 is 0. The Balaban J connectivity index is 2.06. The van der Waals surface area contributed by atoms with Gasteiger partial charge in [0, 0.05) is 6.54 Å². The summed E-state index contributed by atoms with van der Waals surface area (Å²) < 4.78 is 0. The smallest absolute Gasteiger partial charge is 0.308 e. The van der Waals surface area contributed by atoms with Crippen molar-refractivity contribution < 1.29 is 14.7 Å². The first kappa shape index (κ1) is 14.9. The first-order chi connectivity index (χ1) is 10.1. The molecule has 0 spiro atoms. The van der Waals surface area contributed by atoms with Crippen LogP contribution in [0.25, 0.3) is 11.0 Å². The standard InChI is InChI=1S/C15H17N3O3/c1-2-5-10(15(20)21)8-17-14(19)13-9-16-11-6-3-4-7-12(11)18-13/h3-4,6-7,9-10H,2,5,8H2,1H3,(H,17,19)(H,20,21). The lowest BCUT2D eigenvalue weighted by molar-refractivity contribution is -0.141. The van der Waals surface area contributed by atoms with Crippen molar-refractivity contribution in [3.8, 4) is 0 Å². The molecule has 0 aliphatic rings. The molecule has 6 nitrogen and oxygen atoms in total. The highest BCUT2D eigenvalue weighted by atomic mass is 16.4. The fourth-order valence-corrected chi connectivity index (χ4v) is 2.03. The molecule has 0 saturated carbocycles. The molecule has 110 valence electrons. The normalized spacial score (nSPS) is 12.0. The summed E-state index contributed by atoms with van der Waals surface area (Å²) in [6.07, 6.45) is 2.68. The summed E-state index contributed by atoms with van der Waals surface area (Å²) in [4.78, 5) is 31.4. The van der Waals surface area contributed by atoms with E-state index in [1.807, 2.05) is 25.1 Å². The van der Waals surface area contributed by atoms with Gasteiger partial charge >= 0.3 is 5.97 Å². The summed E-state index contributed by atoms with van der Waals surface area (Å²) in [5.74, 6) is -1.88. The van der Waals surface area contributed by atoms with Gasteiger partial charge in [-0.15, -0.1) is 0 Å². The number of fused-ring (bicyclic) bond motifs is 1. The summed E-state index contributed by atoms with van der Waals surface area (Å²) in [5, 5.41) is 11.7. The zero-order valence-electron chi connectivity index (χ0n) is 11.7. The molecule has 21 heavy (non-hydrogen) atoms. The molecular formula is C15H17N3O3. The molecule has 1 aromatic heterocycles. The van der Waals surface area contributed by atoms with Crippen LogP contribution in [-0.4, -0.2) is 33.5 Å². The molecule has 1 amide bonds. The second-order valence-corrected chi connectivity index (χ2v) is 4.78. The first-order valence-corrected chi connectivity index (χ1v) is 6.84. The van der Waals surface area contributed by atoms with E-state index in [4.69, 9.17) is 5.11 Å². The Morgan fingerprint density at radius 2 is 2.00 bits per heavy atom. The van der Waals surface area contributed by atoms with Gasteiger partial charge in [0.15, 0.2) is 0 Å². The molecule has 0 radical (unpaired) electrons. The summed E-state index contributed by atoms with van der Waals surface area (Å²) in [7, 11) is 0. The number of nitrogens with zero attached hydrogens (tertiary/aromatic N) is 2. The van der Waals surface area contributed by atoms with E-state index >= 15 is 0 Å². The molecule has 0 bridgehead atoms. The van der Waals surface area contributed by atoms with Crippen LogP contribution in [0.5, 0.6) is 0 Å². The van der Waals surface area contributed by atoms with E-state index in [0.717, 1.165) is 6.42 Å². The van der Waals surface area contributed by atoms with E-state index in [0.29, 0.717) is 17.5 Å². The predicted octanol–water partition coefficient (Wildman–Crippen LogP) is 1.86. The number of para-hydroxylation sites is 2. The molecule has 0 aliphatic heterocycles. The number of nitrogens with one attached hydrogen (secondary N) is 1. The monoisotopic (exact) mass is 287 g/mol. The van der Waals surface area contributed by atoms with E-state index in [2.05, 4.69) is 15.3 Å². The van der Waals surface area contributed by atoms with Crippen LogP contribution in [-0.2, 0) is 4.79 Å². The zero-order chi connectivity index (χ0) is 15.2. The van der Waals surface area contributed by atoms with Gasteiger partial charge in [0.25, 0.3) is 5.91 Å². The van der Waals surface area contributed by atoms with Crippen LogP contribution in [0.3, 0.4) is 0 Å². The predicted molar refractivity (Wildman–Crippen MR) is 77.9 cm³/mol. The number of amides is 1. The van der Waals surface area contributed by atoms with Gasteiger partial charge in [-0.2, -0.15) is 0 Å². The van der Waals surface area contributed by atoms with Gasteiger partial charge in [-0.05, 0) is 18.6 Å². The van der Waals surface area contributed by atoms with Crippen molar-refractivity contribution in [3.05, 3.63) is 36.2 Å². The van der Waals surface area contributed by atoms with Gasteiger partial charge in [0.05, 0.1) is 23.1 Å². The van der Waals surface area contributed by atoms with E-state index < -0.39 is 17.8 Å². The maximum atomic E-state index is 12.0. The van der Waals surface area contributed by atoms with Gasteiger partial charge in [-0.1, -0.05) is 25.5 Å². The lowest BCUT2D eigenvalue weighted by Gasteiger charge is -2.12. The third-order valence-corrected chi connectivity index (χ3v) is 3.18. The van der Waals surface area contributed by atoms with Crippen molar-refractivity contribution in [2.75, 3.05) is 6.54 Å². The topological polar surface area (TPSA) is 92.2 Å². The summed E-state index contributed by atoms with van der Waals surface area (Å²) in [5.41, 5.74) is 1.53. The average Bonchev–Trinajstić information content (AvgIpc) is 2.50. The SMILES string of the molecule is CCCC(CNC(=O)c1cnc2ccccc2n1)C(=O)O. The van der Waals surface area contributed by atoms with E-state index in [-0.39, 0.29) is 12.2 Å². The highest BCUT2D eigenvalue weighted by molar-refractivity contribution is 5.93. The number of hydrogen-bond donors (Lipinski definition) is 2. The van der Waals surface area contributed by atoms with Crippen LogP contribution in [0.2, 0.25) is 0 Å². The van der Waals surface area contributed by atoms with Crippen LogP contribution in [0.4, 0.5) is 0 Å². The van der Waals surface area contributed by atoms with Crippen molar-refractivity contribution >= 4 is 22.9 Å². The number of carboxylic acid groups (broad SMARTS) is 1. The van der Waals surface area contributed by atoms with Gasteiger partial charge in [-0.25, -0.2) is 4.98 Å². The van der Waals surface area contributed by atoms with Crippen LogP contribution in [0.1, 0.15) is 30.3 Å². The van der Waals surface area contributed by atoms with Crippen molar-refractivity contribution in [3.63, 3.8) is 0 Å². The summed E-state index contributed by atoms with van der Waals surface area (Å²) in [6.45, 7) is 2.00. The number of benzene rings is 1. The van der Waals surface area contributed by atoms with E-state index in [9.17, 15) is 9.59 Å². The number of aromatic nitrogens is 2. The minimum absolute atomic E-state index is 0.0938. The minimum atomic E-state index is -0.901. The van der Waals surface area contributed by atoms with Gasteiger partial charge < -0.3 is 10.4 Å². The number of rotatable bonds is 6. The molecule has 1 aromatic carbocycles. The highest BCUT2D eigenvalue weighted by Crippen LogP contribution is 2.09. The van der Waals surface area contributed by atoms with Crippen LogP contribution in [0, 0.1) is 5.92 Å². The van der Waals surface area contributed by atoms with Crippen LogP contribution >= 0.6 is 0 Å². The third-order valence-electron chi connectivity index (χ3n) is 3.18. The fraction of sp³-hybridized carbons (Fsp3) is 0.333. The Morgan fingerprint density at radius 1 is 1.29 bits per heavy atom. The number of hydrogen-bond acceptors (Lipinski definition) is 4. The largest absolute Gasteiger partial charge is 0.481 e. The van der Waals surface area contributed by atoms with Crippen LogP contribution < -0.4 is 5.32 Å². The Kier molecular flexibility index (Phi) is 4.81. The van der Waals surface area contributed by atoms with E-state index in [1.165, 1.54) is 6.20 Å². The summed E-state index contributed by atoms with van der Waals surface area (Å²) in [6, 6.07) is 7.25. The van der Waals surface area contributed by atoms with Crippen molar-refractivity contribution in [1.29, 1.82) is 0 Å². The maximum Gasteiger partial charge on any atom is 0.308 e. The molecular weight excluding hydrogens is 270 g/mol. The second-order valence-electron chi connectivity index (χ2n) is 4.78. The van der Waals surface area contributed by atoms with Gasteiger partial charge in [0.1, 0.15) is 5.69 Å². The first-order valence-electron chi connectivity index (χ1n) is 6.84. The van der Waals surface area contributed by atoms with Gasteiger partial charge in [0.2, 0.25) is 0 Å². The molecule has 2 N–H and O–H groups in total. The van der Waals surface area contributed by atoms with E-state index in [1.54, 1.807) is 6.07 Å². The van der Waals surface area contributed by atoms with Crippen molar-refractivity contribution in [2.45, 2.75) is 19.8 Å². The lowest BCUT2D eigenvalue weighted by Crippen LogP contribution is -2.33. The zero-order valence-corrected chi connectivity index (χ0v) is 11.7. The molecule has 2 aromatic rings. The van der Waals surface area contributed by atoms with Crippen molar-refractivity contribution in [2.24, 2.45) is 5.92 Å². The lowest BCUT2D eigenvalue weighted by atomic mass is 10.0. The Morgan fingerprint density at radius 3 is 2.67 bits per heavy atom. The number of carbonyl (C=O) groups is 2. The Hall–Kier alpha value is -2.50. The molecule has 0 saturated heterocycles. The van der Waals surface area contributed by atoms with Gasteiger partial charge in [-0.3, -0.25) is 14.6 Å². The molecule has 6 heteroatoms. The number of carboxylic acids is 1. The molecule has 1 atom stereocenters. The molecule has 1 unspecified atom stereocenters. The fourth-order valence-electron chi connectivity index (χ4n) is 2.03. The highest BCUT2D eigenvalue weighted by Gasteiger charge is 2.18. The number of carbonyl (C=O) groups excluding carboxylic acids is 1. The Bertz CT molecular complexity index is 657. The minimum Gasteiger partial charge on any atom is -0.481 e. The molecule has 0 aliphatic carbocycles. The maximum absolute atomic E-state index is 12.0. The second kappa shape index (κ2) is 6.78. The van der Waals surface area contributed by atoms with Crippen molar-refractivity contribution in [1.82, 2.24) is 15.3 Å². The quantitative estimate of drug-likeness (QED) is 0.846.